The third kappa shape index (κ3) is 3.33. The van der Waals surface area contributed by atoms with Crippen LogP contribution in [-0.2, 0) is 17.9 Å². The largest absolute Gasteiger partial charge is 0.454 e. The fourth-order valence-electron chi connectivity index (χ4n) is 3.44. The van der Waals surface area contributed by atoms with E-state index in [9.17, 15) is 9.59 Å². The van der Waals surface area contributed by atoms with E-state index in [1.54, 1.807) is 4.57 Å². The van der Waals surface area contributed by atoms with Crippen LogP contribution in [0.25, 0.3) is 10.9 Å². The Labute approximate surface area is 162 Å². The maximum Gasteiger partial charge on any atom is 0.256 e. The number of benzene rings is 2. The van der Waals surface area contributed by atoms with Crippen molar-refractivity contribution in [3.05, 3.63) is 63.4 Å². The predicted octanol–water partition coefficient (Wildman–Crippen LogP) is 3.55. The summed E-state index contributed by atoms with van der Waals surface area (Å²) in [6.45, 7) is 5.06. The summed E-state index contributed by atoms with van der Waals surface area (Å²) >= 11 is 0. The molecule has 6 heteroatoms. The van der Waals surface area contributed by atoms with Gasteiger partial charge < -0.3 is 24.2 Å². The van der Waals surface area contributed by atoms with E-state index in [2.05, 4.69) is 18.3 Å². The van der Waals surface area contributed by atoms with Gasteiger partial charge in [-0.3, -0.25) is 4.79 Å². The Balaban J connectivity index is 1.69. The first-order valence-electron chi connectivity index (χ1n) is 9.27. The van der Waals surface area contributed by atoms with Gasteiger partial charge in [0.15, 0.2) is 11.5 Å². The first-order chi connectivity index (χ1) is 13.6. The number of carbonyl (C=O) groups is 1. The summed E-state index contributed by atoms with van der Waals surface area (Å²) in [6.07, 6.45) is 1.15. The molecule has 0 bridgehead atoms. The van der Waals surface area contributed by atoms with Gasteiger partial charge in [0.2, 0.25) is 6.79 Å². The molecular weight excluding hydrogens is 356 g/mol. The van der Waals surface area contributed by atoms with Crippen molar-refractivity contribution in [3.63, 3.8) is 0 Å². The zero-order valence-electron chi connectivity index (χ0n) is 16.0. The van der Waals surface area contributed by atoms with Gasteiger partial charge in [-0.05, 0) is 60.7 Å². The molecule has 0 saturated carbocycles. The van der Waals surface area contributed by atoms with Crippen molar-refractivity contribution in [3.8, 4) is 11.5 Å². The van der Waals surface area contributed by atoms with Crippen molar-refractivity contribution in [2.45, 2.75) is 33.4 Å². The Hall–Kier alpha value is -3.28. The first kappa shape index (κ1) is 18.1. The summed E-state index contributed by atoms with van der Waals surface area (Å²) < 4.78 is 12.4. The quantitative estimate of drug-likeness (QED) is 0.665. The number of ether oxygens (including phenoxy) is 2. The Morgan fingerprint density at radius 3 is 2.68 bits per heavy atom. The van der Waals surface area contributed by atoms with Gasteiger partial charge in [-0.15, -0.1) is 0 Å². The van der Waals surface area contributed by atoms with Crippen molar-refractivity contribution in [1.82, 2.24) is 4.57 Å². The molecule has 0 spiro atoms. The lowest BCUT2D eigenvalue weighted by atomic mass is 10.0. The number of nitrogens with one attached hydrogen (secondary N) is 1. The molecule has 0 fully saturated rings. The van der Waals surface area contributed by atoms with E-state index >= 15 is 0 Å². The second-order valence-electron chi connectivity index (χ2n) is 7.00. The van der Waals surface area contributed by atoms with Gasteiger partial charge in [0.05, 0.1) is 5.52 Å². The smallest absolute Gasteiger partial charge is 0.256 e. The summed E-state index contributed by atoms with van der Waals surface area (Å²) in [5, 5.41) is 4.28. The van der Waals surface area contributed by atoms with Gasteiger partial charge in [0.25, 0.3) is 5.56 Å². The normalized spacial score (nSPS) is 12.4. The molecule has 28 heavy (non-hydrogen) atoms. The first-order valence-corrected chi connectivity index (χ1v) is 9.27. The fourth-order valence-corrected chi connectivity index (χ4v) is 3.44. The number of carbonyl (C=O) groups excluding carboxylic acids is 1. The van der Waals surface area contributed by atoms with Crippen LogP contribution in [-0.4, -0.2) is 17.6 Å². The molecule has 4 rings (SSSR count). The molecule has 6 nitrogen and oxygen atoms in total. The highest BCUT2D eigenvalue weighted by molar-refractivity contribution is 5.81. The molecular formula is C22H22N2O4. The van der Waals surface area contributed by atoms with Crippen LogP contribution in [0.5, 0.6) is 11.5 Å². The van der Waals surface area contributed by atoms with Crippen LogP contribution >= 0.6 is 0 Å². The maximum atomic E-state index is 13.1. The van der Waals surface area contributed by atoms with Crippen molar-refractivity contribution < 1.29 is 14.3 Å². The minimum absolute atomic E-state index is 0.0779. The highest BCUT2D eigenvalue weighted by Crippen LogP contribution is 2.34. The van der Waals surface area contributed by atoms with E-state index in [4.69, 9.17) is 9.47 Å². The molecule has 0 atom stereocenters. The van der Waals surface area contributed by atoms with Gasteiger partial charge in [-0.2, -0.15) is 0 Å². The fraction of sp³-hybridized carbons (Fsp3) is 0.273. The van der Waals surface area contributed by atoms with E-state index in [0.717, 1.165) is 34.2 Å². The molecule has 2 aromatic carbocycles. The molecule has 1 N–H and O–H groups in total. The molecule has 0 unspecified atom stereocenters. The molecule has 0 aliphatic carbocycles. The van der Waals surface area contributed by atoms with Crippen molar-refractivity contribution >= 4 is 22.9 Å². The molecule has 0 radical (unpaired) electrons. The van der Waals surface area contributed by atoms with Crippen LogP contribution in [0, 0.1) is 13.8 Å². The number of aldehydes is 1. The van der Waals surface area contributed by atoms with E-state index in [-0.39, 0.29) is 12.4 Å². The average Bonchev–Trinajstić information content (AvgIpc) is 3.15. The van der Waals surface area contributed by atoms with Crippen LogP contribution in [0.1, 0.15) is 23.1 Å². The van der Waals surface area contributed by atoms with Gasteiger partial charge in [-0.25, -0.2) is 0 Å². The highest BCUT2D eigenvalue weighted by atomic mass is 16.7. The van der Waals surface area contributed by atoms with Crippen LogP contribution in [0.3, 0.4) is 0 Å². The summed E-state index contributed by atoms with van der Waals surface area (Å²) in [5.41, 5.74) is 4.58. The average molecular weight is 378 g/mol. The zero-order valence-corrected chi connectivity index (χ0v) is 16.0. The molecule has 1 aliphatic heterocycles. The van der Waals surface area contributed by atoms with Gasteiger partial charge in [0, 0.05) is 36.8 Å². The van der Waals surface area contributed by atoms with E-state index in [1.165, 1.54) is 5.56 Å². The Morgan fingerprint density at radius 1 is 1.07 bits per heavy atom. The van der Waals surface area contributed by atoms with Crippen molar-refractivity contribution in [1.29, 1.82) is 0 Å². The second kappa shape index (κ2) is 7.38. The molecule has 3 aromatic rings. The summed E-state index contributed by atoms with van der Waals surface area (Å²) in [6, 6.07) is 11.6. The SMILES string of the molecule is Cc1cc2cc(CNc3ccc4c(c3)OCO4)c(=O)n(CCC=O)c2cc1C. The number of anilines is 1. The molecule has 0 saturated heterocycles. The van der Waals surface area contributed by atoms with Gasteiger partial charge >= 0.3 is 0 Å². The van der Waals surface area contributed by atoms with Crippen LogP contribution < -0.4 is 20.3 Å². The minimum atomic E-state index is -0.0779. The second-order valence-corrected chi connectivity index (χ2v) is 7.00. The molecule has 144 valence electrons. The Bertz CT molecular complexity index is 1120. The van der Waals surface area contributed by atoms with Crippen LogP contribution in [0.2, 0.25) is 0 Å². The van der Waals surface area contributed by atoms with E-state index in [0.29, 0.717) is 30.8 Å². The van der Waals surface area contributed by atoms with E-state index in [1.807, 2.05) is 37.3 Å². The lowest BCUT2D eigenvalue weighted by molar-refractivity contribution is -0.108. The van der Waals surface area contributed by atoms with Crippen molar-refractivity contribution in [2.75, 3.05) is 12.1 Å². The summed E-state index contributed by atoms with van der Waals surface area (Å²) in [5.74, 6) is 1.41. The third-order valence-corrected chi connectivity index (χ3v) is 5.11. The topological polar surface area (TPSA) is 69.6 Å². The minimum Gasteiger partial charge on any atom is -0.454 e. The number of hydrogen-bond acceptors (Lipinski definition) is 5. The lowest BCUT2D eigenvalue weighted by Gasteiger charge is -2.15. The summed E-state index contributed by atoms with van der Waals surface area (Å²) in [4.78, 5) is 23.9. The van der Waals surface area contributed by atoms with Gasteiger partial charge in [0.1, 0.15) is 6.29 Å². The number of fused-ring (bicyclic) bond motifs is 2. The molecule has 0 amide bonds. The van der Waals surface area contributed by atoms with E-state index < -0.39 is 0 Å². The van der Waals surface area contributed by atoms with Crippen molar-refractivity contribution in [2.24, 2.45) is 0 Å². The number of hydrogen-bond donors (Lipinski definition) is 1. The third-order valence-electron chi connectivity index (χ3n) is 5.11. The predicted molar refractivity (Wildman–Crippen MR) is 108 cm³/mol. The zero-order chi connectivity index (χ0) is 19.7. The molecule has 2 heterocycles. The monoisotopic (exact) mass is 378 g/mol. The molecule has 1 aliphatic rings. The summed E-state index contributed by atoms with van der Waals surface area (Å²) in [7, 11) is 0. The number of nitrogens with zero attached hydrogens (tertiary/aromatic N) is 1. The highest BCUT2D eigenvalue weighted by Gasteiger charge is 2.14. The van der Waals surface area contributed by atoms with Gasteiger partial charge in [-0.1, -0.05) is 0 Å². The number of aryl methyl sites for hydroxylation is 3. The number of aromatic nitrogens is 1. The Kier molecular flexibility index (Phi) is 4.77. The lowest BCUT2D eigenvalue weighted by Crippen LogP contribution is -2.26. The molecule has 1 aromatic heterocycles. The maximum absolute atomic E-state index is 13.1. The number of pyridine rings is 1. The van der Waals surface area contributed by atoms with Crippen LogP contribution in [0.4, 0.5) is 5.69 Å². The Morgan fingerprint density at radius 2 is 1.86 bits per heavy atom. The van der Waals surface area contributed by atoms with Crippen LogP contribution in [0.15, 0.2) is 41.2 Å². The number of rotatable bonds is 6. The standard InChI is InChI=1S/C22H22N2O4/c1-14-8-16-10-17(12-23-18-4-5-20-21(11-18)28-13-27-20)22(26)24(6-3-7-25)19(16)9-15(14)2/h4-5,7-11,23H,3,6,12-13H2,1-2H3.